The molecule has 2 aliphatic carbocycles. The minimum atomic E-state index is -0.864. The van der Waals surface area contributed by atoms with Gasteiger partial charge in [-0.05, 0) is 33.1 Å². The molecule has 0 spiro atoms. The highest BCUT2D eigenvalue weighted by molar-refractivity contribution is 6.07. The first-order valence-electron chi connectivity index (χ1n) is 6.50. The van der Waals surface area contributed by atoms with Crippen LogP contribution in [-0.2, 0) is 14.3 Å². The van der Waals surface area contributed by atoms with E-state index in [9.17, 15) is 9.59 Å². The lowest BCUT2D eigenvalue weighted by atomic mass is 9.68. The molecule has 0 saturated heterocycles. The Balaban J connectivity index is 2.36. The third kappa shape index (κ3) is 1.92. The summed E-state index contributed by atoms with van der Waals surface area (Å²) in [5.41, 5.74) is 0.272. The van der Waals surface area contributed by atoms with Gasteiger partial charge in [-0.1, -0.05) is 24.5 Å². The summed E-state index contributed by atoms with van der Waals surface area (Å²) < 4.78 is 5.13. The monoisotopic (exact) mass is 236 g/mol. The van der Waals surface area contributed by atoms with Gasteiger partial charge in [-0.2, -0.15) is 0 Å². The first-order valence-corrected chi connectivity index (χ1v) is 6.50. The van der Waals surface area contributed by atoms with Gasteiger partial charge in [0.05, 0.1) is 6.61 Å². The van der Waals surface area contributed by atoms with Gasteiger partial charge >= 0.3 is 5.97 Å². The van der Waals surface area contributed by atoms with E-state index in [0.717, 1.165) is 24.8 Å². The van der Waals surface area contributed by atoms with Crippen LogP contribution in [0.1, 0.15) is 46.0 Å². The van der Waals surface area contributed by atoms with Crippen LogP contribution >= 0.6 is 0 Å². The average Bonchev–Trinajstić information content (AvgIpc) is 2.40. The van der Waals surface area contributed by atoms with Gasteiger partial charge in [0.1, 0.15) is 5.41 Å². The van der Waals surface area contributed by atoms with E-state index < -0.39 is 5.41 Å². The van der Waals surface area contributed by atoms with Gasteiger partial charge in [0.25, 0.3) is 0 Å². The lowest BCUT2D eigenvalue weighted by molar-refractivity contribution is -0.161. The smallest absolute Gasteiger partial charge is 0.319 e. The highest BCUT2D eigenvalue weighted by Gasteiger charge is 2.51. The molecule has 1 fully saturated rings. The molecule has 2 unspecified atom stereocenters. The van der Waals surface area contributed by atoms with Crippen molar-refractivity contribution in [3.8, 4) is 0 Å². The summed E-state index contributed by atoms with van der Waals surface area (Å²) in [5.74, 6) is -0.246. The molecule has 2 aliphatic rings. The van der Waals surface area contributed by atoms with Crippen molar-refractivity contribution < 1.29 is 14.3 Å². The normalized spacial score (nSPS) is 32.7. The van der Waals surface area contributed by atoms with Crippen LogP contribution in [0, 0.1) is 11.3 Å². The van der Waals surface area contributed by atoms with Crippen LogP contribution in [-0.4, -0.2) is 18.4 Å². The number of ketones is 1. The average molecular weight is 236 g/mol. The molecular formula is C14H20O3. The third-order valence-electron chi connectivity index (χ3n) is 4.12. The predicted molar refractivity (Wildman–Crippen MR) is 64.4 cm³/mol. The fraction of sp³-hybridized carbons (Fsp3) is 0.714. The van der Waals surface area contributed by atoms with Gasteiger partial charge in [0, 0.05) is 5.92 Å². The number of carbonyl (C=O) groups excluding carboxylic acids is 2. The predicted octanol–water partition coefficient (Wildman–Crippen LogP) is 2.65. The Morgan fingerprint density at radius 2 is 2.29 bits per heavy atom. The quantitative estimate of drug-likeness (QED) is 0.420. The molecule has 0 aromatic rings. The number of hydrogen-bond acceptors (Lipinski definition) is 3. The van der Waals surface area contributed by atoms with E-state index in [4.69, 9.17) is 4.74 Å². The van der Waals surface area contributed by atoms with Crippen LogP contribution in [0.2, 0.25) is 0 Å². The molecule has 3 nitrogen and oxygen atoms in total. The van der Waals surface area contributed by atoms with Gasteiger partial charge in [-0.3, -0.25) is 9.59 Å². The maximum atomic E-state index is 12.5. The number of carbonyl (C=O) groups is 2. The summed E-state index contributed by atoms with van der Waals surface area (Å²) in [4.78, 5) is 24.7. The second-order valence-corrected chi connectivity index (χ2v) is 5.12. The first-order chi connectivity index (χ1) is 8.12. The van der Waals surface area contributed by atoms with Gasteiger partial charge in [0.15, 0.2) is 5.78 Å². The molecular weight excluding hydrogens is 216 g/mol. The Kier molecular flexibility index (Phi) is 3.36. The number of Topliss-reactive ketones (excluding diaryl/α,β-unsaturated/α-hetero) is 1. The largest absolute Gasteiger partial charge is 0.465 e. The van der Waals surface area contributed by atoms with E-state index in [1.54, 1.807) is 6.92 Å². The minimum absolute atomic E-state index is 0.0457. The van der Waals surface area contributed by atoms with Crippen LogP contribution in [0.3, 0.4) is 0 Å². The van der Waals surface area contributed by atoms with E-state index in [1.807, 2.05) is 6.92 Å². The number of rotatable bonds is 2. The van der Waals surface area contributed by atoms with Crippen LogP contribution in [0.4, 0.5) is 0 Å². The van der Waals surface area contributed by atoms with Gasteiger partial charge in [-0.15, -0.1) is 0 Å². The summed E-state index contributed by atoms with van der Waals surface area (Å²) in [6, 6.07) is 0. The van der Waals surface area contributed by atoms with Crippen molar-refractivity contribution in [2.24, 2.45) is 11.3 Å². The summed E-state index contributed by atoms with van der Waals surface area (Å²) >= 11 is 0. The van der Waals surface area contributed by atoms with Gasteiger partial charge < -0.3 is 4.74 Å². The molecule has 3 heteroatoms. The first kappa shape index (κ1) is 12.3. The molecule has 2 rings (SSSR count). The van der Waals surface area contributed by atoms with Crippen molar-refractivity contribution in [1.29, 1.82) is 0 Å². The van der Waals surface area contributed by atoms with E-state index in [1.165, 1.54) is 0 Å². The number of hydrogen-bond donors (Lipinski definition) is 0. The zero-order chi connectivity index (χ0) is 12.5. The molecule has 0 heterocycles. The third-order valence-corrected chi connectivity index (χ3v) is 4.12. The molecule has 0 amide bonds. The van der Waals surface area contributed by atoms with Crippen molar-refractivity contribution in [1.82, 2.24) is 0 Å². The fourth-order valence-electron chi connectivity index (χ4n) is 3.03. The highest BCUT2D eigenvalue weighted by Crippen LogP contribution is 2.45. The Morgan fingerprint density at radius 3 is 3.00 bits per heavy atom. The Morgan fingerprint density at radius 1 is 1.53 bits per heavy atom. The van der Waals surface area contributed by atoms with Crippen molar-refractivity contribution in [2.75, 3.05) is 6.61 Å². The summed E-state index contributed by atoms with van der Waals surface area (Å²) in [5, 5.41) is 0. The Labute approximate surface area is 102 Å². The second-order valence-electron chi connectivity index (χ2n) is 5.12. The highest BCUT2D eigenvalue weighted by atomic mass is 16.5. The van der Waals surface area contributed by atoms with E-state index in [0.29, 0.717) is 19.4 Å². The minimum Gasteiger partial charge on any atom is -0.465 e. The Bertz CT molecular complexity index is 370. The van der Waals surface area contributed by atoms with Crippen molar-refractivity contribution in [2.45, 2.75) is 46.0 Å². The van der Waals surface area contributed by atoms with Crippen molar-refractivity contribution in [3.05, 3.63) is 11.6 Å². The Hall–Kier alpha value is -1.12. The van der Waals surface area contributed by atoms with E-state index in [2.05, 4.69) is 6.08 Å². The van der Waals surface area contributed by atoms with E-state index >= 15 is 0 Å². The molecule has 94 valence electrons. The second kappa shape index (κ2) is 4.63. The van der Waals surface area contributed by atoms with Gasteiger partial charge in [0.2, 0.25) is 0 Å². The zero-order valence-corrected chi connectivity index (χ0v) is 10.6. The maximum Gasteiger partial charge on any atom is 0.319 e. The number of esters is 1. The molecule has 0 aliphatic heterocycles. The summed E-state index contributed by atoms with van der Waals surface area (Å²) in [6.07, 6.45) is 6.12. The standard InChI is InChI=1S/C14H20O3/c1-3-17-13(16)14-8-5-4-6-11(12(14)15)10(2)7-9-14/h7,11H,3-6,8-9H2,1-2H3. The molecule has 0 radical (unpaired) electrons. The maximum absolute atomic E-state index is 12.5. The molecule has 17 heavy (non-hydrogen) atoms. The van der Waals surface area contributed by atoms with Crippen LogP contribution in [0.25, 0.3) is 0 Å². The van der Waals surface area contributed by atoms with Crippen LogP contribution in [0.15, 0.2) is 11.6 Å². The molecule has 0 aromatic carbocycles. The number of ether oxygens (including phenoxy) is 1. The van der Waals surface area contributed by atoms with Crippen molar-refractivity contribution >= 4 is 11.8 Å². The lowest BCUT2D eigenvalue weighted by Crippen LogP contribution is -2.45. The molecule has 0 N–H and O–H groups in total. The SMILES string of the molecule is CCOC(=O)C12CC=C(C)C(CCCC1)C2=O. The molecule has 0 aromatic heterocycles. The topological polar surface area (TPSA) is 43.4 Å². The lowest BCUT2D eigenvalue weighted by Gasteiger charge is -2.34. The van der Waals surface area contributed by atoms with Crippen LogP contribution < -0.4 is 0 Å². The van der Waals surface area contributed by atoms with Crippen LogP contribution in [0.5, 0.6) is 0 Å². The fourth-order valence-corrected chi connectivity index (χ4v) is 3.03. The number of fused-ring (bicyclic) bond motifs is 2. The van der Waals surface area contributed by atoms with Crippen molar-refractivity contribution in [3.63, 3.8) is 0 Å². The molecule has 2 atom stereocenters. The summed E-state index contributed by atoms with van der Waals surface area (Å²) in [7, 11) is 0. The molecule has 2 bridgehead atoms. The van der Waals surface area contributed by atoms with Gasteiger partial charge in [-0.25, -0.2) is 0 Å². The number of allylic oxidation sites excluding steroid dienone is 2. The van der Waals surface area contributed by atoms with E-state index in [-0.39, 0.29) is 17.7 Å². The summed E-state index contributed by atoms with van der Waals surface area (Å²) in [6.45, 7) is 4.14. The zero-order valence-electron chi connectivity index (χ0n) is 10.6. The molecule has 1 saturated carbocycles.